The van der Waals surface area contributed by atoms with Crippen molar-refractivity contribution in [1.29, 1.82) is 0 Å². The number of carbonyl (C=O) groups is 2. The summed E-state index contributed by atoms with van der Waals surface area (Å²) in [4.78, 5) is 26.0. The minimum atomic E-state index is -0.655. The second-order valence-electron chi connectivity index (χ2n) is 10.9. The van der Waals surface area contributed by atoms with E-state index in [9.17, 15) is 9.59 Å². The molecule has 3 atom stereocenters. The van der Waals surface area contributed by atoms with Gasteiger partial charge in [0.15, 0.2) is 0 Å². The number of carbonyl (C=O) groups excluding carboxylic acids is 2. The van der Waals surface area contributed by atoms with E-state index in [-0.39, 0.29) is 12.6 Å². The Balaban J connectivity index is 1.87. The Labute approximate surface area is 258 Å². The highest BCUT2D eigenvalue weighted by molar-refractivity contribution is 8.22. The summed E-state index contributed by atoms with van der Waals surface area (Å²) in [6, 6.07) is 28.3. The van der Waals surface area contributed by atoms with E-state index in [1.54, 1.807) is 0 Å². The van der Waals surface area contributed by atoms with Gasteiger partial charge in [-0.05, 0) is 68.8 Å². The molecule has 3 rings (SSSR count). The van der Waals surface area contributed by atoms with Crippen molar-refractivity contribution in [2.45, 2.75) is 70.4 Å². The number of rotatable bonds is 12. The molecule has 2 amide bonds. The lowest BCUT2D eigenvalue weighted by Crippen LogP contribution is -2.50. The van der Waals surface area contributed by atoms with Gasteiger partial charge in [0.1, 0.15) is 18.3 Å². The third-order valence-electron chi connectivity index (χ3n) is 6.24. The highest BCUT2D eigenvalue weighted by atomic mass is 32.2. The number of thioether (sulfide) groups is 1. The molecule has 0 heterocycles. The van der Waals surface area contributed by atoms with E-state index in [1.165, 1.54) is 11.8 Å². The fourth-order valence-electron chi connectivity index (χ4n) is 4.37. The fourth-order valence-corrected chi connectivity index (χ4v) is 4.72. The molecule has 3 aromatic rings. The molecule has 0 aromatic heterocycles. The van der Waals surface area contributed by atoms with Gasteiger partial charge in [0.25, 0.3) is 0 Å². The third-order valence-corrected chi connectivity index (χ3v) is 7.27. The number of benzene rings is 3. The molecular weight excluding hydrogens is 569 g/mol. The molecule has 0 unspecified atom stereocenters. The normalized spacial score (nSPS) is 13.2. The minimum Gasteiger partial charge on any atom is -0.473 e. The number of thiocarbonyl (C=S) groups is 1. The van der Waals surface area contributed by atoms with Gasteiger partial charge in [-0.25, -0.2) is 9.59 Å². The lowest BCUT2D eigenvalue weighted by molar-refractivity contribution is 0.0474. The molecule has 0 spiro atoms. The van der Waals surface area contributed by atoms with Crippen molar-refractivity contribution >= 4 is 40.5 Å². The van der Waals surface area contributed by atoms with Crippen LogP contribution in [-0.4, -0.2) is 46.6 Å². The summed E-state index contributed by atoms with van der Waals surface area (Å²) in [6.07, 6.45) is 1.51. The number of ether oxygens (including phenoxy) is 3. The van der Waals surface area contributed by atoms with E-state index in [0.29, 0.717) is 23.6 Å². The largest absolute Gasteiger partial charge is 0.473 e. The smallest absolute Gasteiger partial charge is 0.407 e. The lowest BCUT2D eigenvalue weighted by Gasteiger charge is -2.32. The maximum atomic E-state index is 13.1. The first-order valence-electron chi connectivity index (χ1n) is 13.9. The molecule has 224 valence electrons. The van der Waals surface area contributed by atoms with Crippen LogP contribution in [0, 0.1) is 0 Å². The second kappa shape index (κ2) is 16.8. The van der Waals surface area contributed by atoms with E-state index < -0.39 is 29.9 Å². The molecule has 0 saturated carbocycles. The molecule has 3 aromatic carbocycles. The molecule has 0 aliphatic carbocycles. The Morgan fingerprint density at radius 2 is 1.31 bits per heavy atom. The molecule has 0 bridgehead atoms. The summed E-state index contributed by atoms with van der Waals surface area (Å²) in [6.45, 7) is 5.60. The Hall–Kier alpha value is -3.56. The van der Waals surface area contributed by atoms with Gasteiger partial charge in [-0.2, -0.15) is 0 Å². The van der Waals surface area contributed by atoms with Gasteiger partial charge in [-0.1, -0.05) is 103 Å². The molecule has 2 N–H and O–H groups in total. The van der Waals surface area contributed by atoms with Gasteiger partial charge in [0.2, 0.25) is 4.38 Å². The zero-order chi connectivity index (χ0) is 30.4. The first kappa shape index (κ1) is 32.9. The maximum absolute atomic E-state index is 13.1. The van der Waals surface area contributed by atoms with Crippen LogP contribution < -0.4 is 10.6 Å². The number of hydrogen-bond donors (Lipinski definition) is 2. The Morgan fingerprint density at radius 1 is 0.786 bits per heavy atom. The monoisotopic (exact) mass is 608 g/mol. The highest BCUT2D eigenvalue weighted by Crippen LogP contribution is 2.20. The predicted octanol–water partition coefficient (Wildman–Crippen LogP) is 7.08. The van der Waals surface area contributed by atoms with Crippen LogP contribution in [0.3, 0.4) is 0 Å². The van der Waals surface area contributed by atoms with Crippen molar-refractivity contribution in [3.8, 4) is 0 Å². The first-order chi connectivity index (χ1) is 20.1. The minimum absolute atomic E-state index is 0.135. The molecule has 0 aliphatic heterocycles. The second-order valence-corrected chi connectivity index (χ2v) is 12.3. The van der Waals surface area contributed by atoms with E-state index in [4.69, 9.17) is 26.4 Å². The summed E-state index contributed by atoms with van der Waals surface area (Å²) >= 11 is 6.78. The SMILES string of the molecule is CSC(=S)O[C@@H](C[C@H](Cc1ccccc1)NC(=O)OC(C)(C)C)[C@H](Cc1ccccc1)NC(=O)OCc1ccccc1. The molecule has 0 saturated heterocycles. The summed E-state index contributed by atoms with van der Waals surface area (Å²) in [5.74, 6) is 0. The maximum Gasteiger partial charge on any atom is 0.407 e. The molecule has 0 radical (unpaired) electrons. The standard InChI is InChI=1S/C33H40N2O5S2/c1-33(2,3)40-31(37)34-27(20-24-14-8-5-9-15-24)22-29(39-32(41)42-4)28(21-25-16-10-6-11-17-25)35-30(36)38-23-26-18-12-7-13-19-26/h5-19,27-29H,20-23H2,1-4H3,(H,34,37)(H,35,36)/t27-,28-,29-/m0/s1. The van der Waals surface area contributed by atoms with Crippen molar-refractivity contribution in [2.75, 3.05) is 6.26 Å². The van der Waals surface area contributed by atoms with E-state index in [2.05, 4.69) is 10.6 Å². The van der Waals surface area contributed by atoms with E-state index >= 15 is 0 Å². The molecule has 9 heteroatoms. The number of alkyl carbamates (subject to hydrolysis) is 2. The molecular formula is C33H40N2O5S2. The Kier molecular flexibility index (Phi) is 13.2. The topological polar surface area (TPSA) is 85.9 Å². The van der Waals surface area contributed by atoms with Crippen LogP contribution in [0.2, 0.25) is 0 Å². The van der Waals surface area contributed by atoms with Crippen molar-refractivity contribution in [1.82, 2.24) is 10.6 Å². The fraction of sp³-hybridized carbons (Fsp3) is 0.364. The predicted molar refractivity (Wildman–Crippen MR) is 173 cm³/mol. The lowest BCUT2D eigenvalue weighted by atomic mass is 9.93. The van der Waals surface area contributed by atoms with E-state index in [0.717, 1.165) is 16.7 Å². The van der Waals surface area contributed by atoms with Crippen LogP contribution >= 0.6 is 24.0 Å². The van der Waals surface area contributed by atoms with Gasteiger partial charge in [-0.15, -0.1) is 0 Å². The highest BCUT2D eigenvalue weighted by Gasteiger charge is 2.31. The first-order valence-corrected chi connectivity index (χ1v) is 15.5. The third kappa shape index (κ3) is 12.5. The van der Waals surface area contributed by atoms with Crippen molar-refractivity contribution in [3.05, 3.63) is 108 Å². The number of amides is 2. The van der Waals surface area contributed by atoms with Crippen LogP contribution in [0.25, 0.3) is 0 Å². The Bertz CT molecular complexity index is 1250. The average molecular weight is 609 g/mol. The van der Waals surface area contributed by atoms with Gasteiger partial charge >= 0.3 is 12.2 Å². The number of hydrogen-bond acceptors (Lipinski definition) is 7. The van der Waals surface area contributed by atoms with Crippen molar-refractivity contribution in [2.24, 2.45) is 0 Å². The van der Waals surface area contributed by atoms with Gasteiger partial charge in [0.05, 0.1) is 6.04 Å². The summed E-state index contributed by atoms with van der Waals surface area (Å²) < 4.78 is 17.8. The summed E-state index contributed by atoms with van der Waals surface area (Å²) in [5, 5.41) is 6.05. The summed E-state index contributed by atoms with van der Waals surface area (Å²) in [7, 11) is 0. The zero-order valence-corrected chi connectivity index (χ0v) is 26.2. The van der Waals surface area contributed by atoms with Crippen molar-refractivity contribution in [3.63, 3.8) is 0 Å². The van der Waals surface area contributed by atoms with Crippen LogP contribution in [-0.2, 0) is 33.7 Å². The van der Waals surface area contributed by atoms with Crippen LogP contribution in [0.5, 0.6) is 0 Å². The molecule has 0 fully saturated rings. The Morgan fingerprint density at radius 3 is 1.83 bits per heavy atom. The summed E-state index contributed by atoms with van der Waals surface area (Å²) in [5.41, 5.74) is 2.28. The van der Waals surface area contributed by atoms with Crippen molar-refractivity contribution < 1.29 is 23.8 Å². The number of nitrogens with one attached hydrogen (secondary N) is 2. The van der Waals surface area contributed by atoms with Crippen LogP contribution in [0.1, 0.15) is 43.9 Å². The van der Waals surface area contributed by atoms with Gasteiger partial charge < -0.3 is 24.8 Å². The van der Waals surface area contributed by atoms with Gasteiger partial charge in [0, 0.05) is 12.5 Å². The van der Waals surface area contributed by atoms with Crippen LogP contribution in [0.15, 0.2) is 91.0 Å². The van der Waals surface area contributed by atoms with Crippen LogP contribution in [0.4, 0.5) is 9.59 Å². The average Bonchev–Trinajstić information content (AvgIpc) is 2.96. The molecule has 7 nitrogen and oxygen atoms in total. The van der Waals surface area contributed by atoms with Gasteiger partial charge in [-0.3, -0.25) is 0 Å². The molecule has 42 heavy (non-hydrogen) atoms. The van der Waals surface area contributed by atoms with E-state index in [1.807, 2.05) is 118 Å². The zero-order valence-electron chi connectivity index (χ0n) is 24.6. The molecule has 0 aliphatic rings. The quantitative estimate of drug-likeness (QED) is 0.213.